The molecule has 0 aliphatic carbocycles. The molecule has 0 aliphatic heterocycles. The molecule has 8 nitrogen and oxygen atoms in total. The molecule has 160 valence electrons. The second-order valence-electron chi connectivity index (χ2n) is 7.20. The third-order valence-electron chi connectivity index (χ3n) is 4.88. The Kier molecular flexibility index (Phi) is 5.73. The highest BCUT2D eigenvalue weighted by Crippen LogP contribution is 2.17. The highest BCUT2D eigenvalue weighted by molar-refractivity contribution is 5.89. The van der Waals surface area contributed by atoms with Crippen LogP contribution in [-0.2, 0) is 11.3 Å². The van der Waals surface area contributed by atoms with E-state index >= 15 is 0 Å². The SMILES string of the molecule is CCOC(=O)c1cccc(OCC(O)Cn2c(=O)c3ccccc3n3nc(C)cc23)c1. The normalized spacial score (nSPS) is 12.2. The van der Waals surface area contributed by atoms with Gasteiger partial charge in [0, 0.05) is 6.07 Å². The van der Waals surface area contributed by atoms with Crippen molar-refractivity contribution < 1.29 is 19.4 Å². The van der Waals surface area contributed by atoms with Gasteiger partial charge in [-0.15, -0.1) is 0 Å². The van der Waals surface area contributed by atoms with Crippen molar-refractivity contribution in [1.29, 1.82) is 0 Å². The zero-order valence-electron chi connectivity index (χ0n) is 17.3. The van der Waals surface area contributed by atoms with E-state index in [2.05, 4.69) is 5.10 Å². The maximum Gasteiger partial charge on any atom is 0.338 e. The summed E-state index contributed by atoms with van der Waals surface area (Å²) in [4.78, 5) is 24.9. The lowest BCUT2D eigenvalue weighted by molar-refractivity contribution is 0.0525. The Hall–Kier alpha value is -3.65. The number of aromatic nitrogens is 3. The maximum atomic E-state index is 13.1. The predicted octanol–water partition coefficient (Wildman–Crippen LogP) is 2.57. The minimum atomic E-state index is -0.955. The summed E-state index contributed by atoms with van der Waals surface area (Å²) in [7, 11) is 0. The Morgan fingerprint density at radius 2 is 1.97 bits per heavy atom. The molecule has 0 fully saturated rings. The first-order chi connectivity index (χ1) is 15.0. The third kappa shape index (κ3) is 4.15. The molecule has 0 spiro atoms. The van der Waals surface area contributed by atoms with Crippen LogP contribution < -0.4 is 10.3 Å². The first kappa shape index (κ1) is 20.6. The summed E-state index contributed by atoms with van der Waals surface area (Å²) in [5.41, 5.74) is 2.26. The van der Waals surface area contributed by atoms with Gasteiger partial charge < -0.3 is 14.6 Å². The fraction of sp³-hybridized carbons (Fsp3) is 0.261. The summed E-state index contributed by atoms with van der Waals surface area (Å²) < 4.78 is 13.9. The topological polar surface area (TPSA) is 95.1 Å². The summed E-state index contributed by atoms with van der Waals surface area (Å²) in [6.07, 6.45) is -0.955. The summed E-state index contributed by atoms with van der Waals surface area (Å²) in [5, 5.41) is 15.6. The van der Waals surface area contributed by atoms with Gasteiger partial charge >= 0.3 is 5.97 Å². The van der Waals surface area contributed by atoms with E-state index in [1.165, 1.54) is 4.57 Å². The van der Waals surface area contributed by atoms with E-state index < -0.39 is 12.1 Å². The van der Waals surface area contributed by atoms with Gasteiger partial charge in [-0.1, -0.05) is 18.2 Å². The number of aliphatic hydroxyl groups is 1. The second-order valence-corrected chi connectivity index (χ2v) is 7.20. The van der Waals surface area contributed by atoms with Crippen LogP contribution in [0.5, 0.6) is 5.75 Å². The third-order valence-corrected chi connectivity index (χ3v) is 4.88. The predicted molar refractivity (Wildman–Crippen MR) is 116 cm³/mol. The molecule has 2 aromatic heterocycles. The number of nitrogens with zero attached hydrogens (tertiary/aromatic N) is 3. The van der Waals surface area contributed by atoms with Crippen LogP contribution in [0.2, 0.25) is 0 Å². The van der Waals surface area contributed by atoms with Crippen LogP contribution in [0.1, 0.15) is 23.0 Å². The van der Waals surface area contributed by atoms with Crippen LogP contribution in [0, 0.1) is 6.92 Å². The van der Waals surface area contributed by atoms with E-state index in [0.717, 1.165) is 5.69 Å². The lowest BCUT2D eigenvalue weighted by Crippen LogP contribution is -2.31. The molecule has 1 N–H and O–H groups in total. The quantitative estimate of drug-likeness (QED) is 0.461. The number of fused-ring (bicyclic) bond motifs is 3. The lowest BCUT2D eigenvalue weighted by atomic mass is 10.2. The number of aryl methyl sites for hydroxylation is 1. The van der Waals surface area contributed by atoms with Gasteiger partial charge in [-0.25, -0.2) is 9.31 Å². The van der Waals surface area contributed by atoms with E-state index in [1.54, 1.807) is 47.8 Å². The van der Waals surface area contributed by atoms with Gasteiger partial charge in [0.05, 0.1) is 35.3 Å². The number of carbonyl (C=O) groups is 1. The smallest absolute Gasteiger partial charge is 0.338 e. The van der Waals surface area contributed by atoms with Crippen molar-refractivity contribution in [2.45, 2.75) is 26.5 Å². The number of aliphatic hydroxyl groups excluding tert-OH is 1. The van der Waals surface area contributed by atoms with Gasteiger partial charge in [-0.2, -0.15) is 5.10 Å². The fourth-order valence-electron chi connectivity index (χ4n) is 3.50. The lowest BCUT2D eigenvalue weighted by Gasteiger charge is -2.16. The highest BCUT2D eigenvalue weighted by atomic mass is 16.5. The number of rotatable bonds is 7. The van der Waals surface area contributed by atoms with Crippen LogP contribution in [0.25, 0.3) is 16.6 Å². The molecule has 0 bridgehead atoms. The van der Waals surface area contributed by atoms with Crippen molar-refractivity contribution in [3.8, 4) is 5.75 Å². The highest BCUT2D eigenvalue weighted by Gasteiger charge is 2.16. The molecule has 4 aromatic rings. The Labute approximate surface area is 178 Å². The molecule has 0 saturated heterocycles. The molecule has 2 aromatic carbocycles. The Morgan fingerprint density at radius 1 is 1.16 bits per heavy atom. The summed E-state index contributed by atoms with van der Waals surface area (Å²) in [6.45, 7) is 3.86. The minimum Gasteiger partial charge on any atom is -0.491 e. The zero-order chi connectivity index (χ0) is 22.0. The number of hydrogen-bond donors (Lipinski definition) is 1. The summed E-state index contributed by atoms with van der Waals surface area (Å²) in [6, 6.07) is 15.6. The van der Waals surface area contributed by atoms with Gasteiger partial charge in [0.1, 0.15) is 24.1 Å². The van der Waals surface area contributed by atoms with Gasteiger partial charge in [0.25, 0.3) is 5.56 Å². The second kappa shape index (κ2) is 8.61. The Bertz CT molecular complexity index is 1310. The minimum absolute atomic E-state index is 0.0376. The summed E-state index contributed by atoms with van der Waals surface area (Å²) in [5.74, 6) is -0.00415. The van der Waals surface area contributed by atoms with E-state index in [1.807, 2.05) is 25.1 Å². The monoisotopic (exact) mass is 421 g/mol. The molecule has 8 heteroatoms. The number of para-hydroxylation sites is 1. The largest absolute Gasteiger partial charge is 0.491 e. The first-order valence-corrected chi connectivity index (χ1v) is 10.0. The Morgan fingerprint density at radius 3 is 2.77 bits per heavy atom. The van der Waals surface area contributed by atoms with Crippen molar-refractivity contribution in [1.82, 2.24) is 14.2 Å². The van der Waals surface area contributed by atoms with Gasteiger partial charge in [0.15, 0.2) is 0 Å². The number of ether oxygens (including phenoxy) is 2. The standard InChI is InChI=1S/C23H23N3O5/c1-3-30-23(29)16-7-6-8-18(12-16)31-14-17(27)13-25-21-11-15(2)24-26(21)20-10-5-4-9-19(20)22(25)28/h4-12,17,27H,3,13-14H2,1-2H3. The molecule has 4 rings (SSSR count). The van der Waals surface area contributed by atoms with E-state index in [-0.39, 0.29) is 25.3 Å². The average Bonchev–Trinajstić information content (AvgIpc) is 3.17. The molecule has 1 unspecified atom stereocenters. The molecular weight excluding hydrogens is 398 g/mol. The average molecular weight is 421 g/mol. The van der Waals surface area contributed by atoms with E-state index in [4.69, 9.17) is 9.47 Å². The molecule has 1 atom stereocenters. The van der Waals surface area contributed by atoms with Crippen LogP contribution in [0.4, 0.5) is 0 Å². The molecular formula is C23H23N3O5. The van der Waals surface area contributed by atoms with Crippen LogP contribution in [0.15, 0.2) is 59.4 Å². The molecule has 0 saturated carbocycles. The molecule has 2 heterocycles. The van der Waals surface area contributed by atoms with Crippen molar-refractivity contribution in [3.63, 3.8) is 0 Å². The van der Waals surface area contributed by atoms with Crippen molar-refractivity contribution in [2.24, 2.45) is 0 Å². The van der Waals surface area contributed by atoms with Gasteiger partial charge in [-0.3, -0.25) is 9.36 Å². The van der Waals surface area contributed by atoms with Crippen molar-refractivity contribution >= 4 is 22.5 Å². The molecule has 0 aliphatic rings. The first-order valence-electron chi connectivity index (χ1n) is 10.0. The van der Waals surface area contributed by atoms with Crippen LogP contribution in [0.3, 0.4) is 0 Å². The number of hydrogen-bond acceptors (Lipinski definition) is 6. The van der Waals surface area contributed by atoms with Crippen LogP contribution in [-0.4, -0.2) is 44.6 Å². The van der Waals surface area contributed by atoms with Crippen molar-refractivity contribution in [2.75, 3.05) is 13.2 Å². The summed E-state index contributed by atoms with van der Waals surface area (Å²) >= 11 is 0. The van der Waals surface area contributed by atoms with E-state index in [9.17, 15) is 14.7 Å². The van der Waals surface area contributed by atoms with Crippen LogP contribution >= 0.6 is 0 Å². The maximum absolute atomic E-state index is 13.1. The van der Waals surface area contributed by atoms with Crippen molar-refractivity contribution in [3.05, 3.63) is 76.2 Å². The zero-order valence-corrected chi connectivity index (χ0v) is 17.3. The number of esters is 1. The fourth-order valence-corrected chi connectivity index (χ4v) is 3.50. The Balaban J connectivity index is 1.56. The number of carbonyl (C=O) groups excluding carboxylic acids is 1. The molecule has 0 amide bonds. The number of benzene rings is 2. The van der Waals surface area contributed by atoms with Gasteiger partial charge in [-0.05, 0) is 44.2 Å². The molecule has 31 heavy (non-hydrogen) atoms. The van der Waals surface area contributed by atoms with E-state index in [0.29, 0.717) is 27.9 Å². The molecule has 0 radical (unpaired) electrons. The van der Waals surface area contributed by atoms with Gasteiger partial charge in [0.2, 0.25) is 0 Å².